The number of ether oxygens (including phenoxy) is 6. The van der Waals surface area contributed by atoms with Gasteiger partial charge in [-0.25, -0.2) is 46.3 Å². The Morgan fingerprint density at radius 2 is 0.732 bits per heavy atom. The van der Waals surface area contributed by atoms with Crippen molar-refractivity contribution < 1.29 is 93.9 Å². The SMILES string of the molecule is C#CC(C)N(Cc1ccc(-c2ccc(N3C[C@H](CNC(C)=O)OC3=O)cc2F)cc1)C(=O)OC(C)(C)C.CC(=O)NC[C@H]1CN(c2ccc(-c3ccc(CN(C(=O)OC(C)(C)C)C(C)c4cn[nH]n4)cc3)c(F)c2)C(=O)O1.CC(=O)NC[C@H]1CN(c2ccc(-c3ccc(CN)cc3)c(F)c2)C(=O)O1.CC(=O)NC[C@H]1CN(c2ccc(-c3ccc(CNC(C)c4cn[nH]n4)cc3)c(F)c2)C(=O)O1.Cl.Cl. The third-order valence-corrected chi connectivity index (χ3v) is 21.7. The minimum atomic E-state index is -0.676. The first-order chi connectivity index (χ1) is 64.7. The first-order valence-corrected chi connectivity index (χ1v) is 43.7. The minimum Gasteiger partial charge on any atom is -0.444 e. The average molecular weight is 1940 g/mol. The lowest BCUT2D eigenvalue weighted by molar-refractivity contribution is -0.120. The Bertz CT molecular complexity index is 5940. The van der Waals surface area contributed by atoms with Crippen LogP contribution < -0.4 is 51.9 Å². The number of carbonyl (C=O) groups excluding carboxylic acids is 10. The van der Waals surface area contributed by atoms with Gasteiger partial charge in [-0.15, -0.1) is 31.2 Å². The normalized spacial score (nSPS) is 15.9. The van der Waals surface area contributed by atoms with Crippen molar-refractivity contribution in [3.63, 3.8) is 0 Å². The summed E-state index contributed by atoms with van der Waals surface area (Å²) in [5.74, 6) is -0.151. The molecule has 34 nitrogen and oxygen atoms in total. The van der Waals surface area contributed by atoms with Crippen LogP contribution in [0, 0.1) is 35.6 Å². The maximum Gasteiger partial charge on any atom is 0.414 e. The van der Waals surface area contributed by atoms with Gasteiger partial charge in [-0.1, -0.05) is 103 Å². The Labute approximate surface area is 808 Å². The Morgan fingerprint density at radius 3 is 1.00 bits per heavy atom. The summed E-state index contributed by atoms with van der Waals surface area (Å²) in [4.78, 5) is 127. The van der Waals surface area contributed by atoms with E-state index in [1.807, 2.05) is 74.5 Å². The number of rotatable bonds is 28. The van der Waals surface area contributed by atoms with Gasteiger partial charge in [0, 0.05) is 69.6 Å². The average Bonchev–Trinajstić information content (AvgIpc) is 1.56. The fourth-order valence-corrected chi connectivity index (χ4v) is 14.4. The summed E-state index contributed by atoms with van der Waals surface area (Å²) in [6.07, 6.45) is 3.52. The summed E-state index contributed by atoms with van der Waals surface area (Å²) < 4.78 is 91.8. The predicted octanol–water partition coefficient (Wildman–Crippen LogP) is 15.5. The molecule has 0 aliphatic carbocycles. The third-order valence-electron chi connectivity index (χ3n) is 21.7. The van der Waals surface area contributed by atoms with Gasteiger partial charge in [0.15, 0.2) is 0 Å². The molecule has 10 aromatic rings. The number of nitrogens with one attached hydrogen (secondary N) is 7. The van der Waals surface area contributed by atoms with E-state index in [0.717, 1.165) is 39.1 Å². The number of nitrogens with zero attached hydrogens (tertiary/aromatic N) is 10. The molecule has 0 radical (unpaired) electrons. The largest absolute Gasteiger partial charge is 0.444 e. The molecule has 7 atom stereocenters. The van der Waals surface area contributed by atoms with Gasteiger partial charge in [-0.05, 0) is 180 Å². The molecule has 0 saturated carbocycles. The minimum absolute atomic E-state index is 0. The third kappa shape index (κ3) is 29.9. The first-order valence-electron chi connectivity index (χ1n) is 43.7. The van der Waals surface area contributed by atoms with Crippen LogP contribution in [0.15, 0.2) is 182 Å². The molecular formula is C98H112Cl2F4N18O16. The Morgan fingerprint density at radius 1 is 0.449 bits per heavy atom. The van der Waals surface area contributed by atoms with Gasteiger partial charge in [0.25, 0.3) is 0 Å². The predicted molar refractivity (Wildman–Crippen MR) is 513 cm³/mol. The smallest absolute Gasteiger partial charge is 0.414 e. The van der Waals surface area contributed by atoms with Gasteiger partial charge in [0.1, 0.15) is 64.6 Å². The zero-order valence-corrected chi connectivity index (χ0v) is 80.0. The zero-order chi connectivity index (χ0) is 98.4. The number of benzene rings is 8. The van der Waals surface area contributed by atoms with E-state index < -0.39 is 108 Å². The molecule has 9 N–H and O–H groups in total. The summed E-state index contributed by atoms with van der Waals surface area (Å²) in [7, 11) is 0. The molecule has 138 heavy (non-hydrogen) atoms. The lowest BCUT2D eigenvalue weighted by Gasteiger charge is -2.31. The molecule has 732 valence electrons. The quantitative estimate of drug-likeness (QED) is 0.0128. The topological polar surface area (TPSA) is 415 Å². The highest BCUT2D eigenvalue weighted by Gasteiger charge is 2.38. The van der Waals surface area contributed by atoms with Gasteiger partial charge < -0.3 is 60.7 Å². The van der Waals surface area contributed by atoms with Crippen molar-refractivity contribution in [2.45, 2.75) is 170 Å². The summed E-state index contributed by atoms with van der Waals surface area (Å²) in [5.41, 5.74) is 15.2. The highest BCUT2D eigenvalue weighted by Crippen LogP contribution is 2.36. The van der Waals surface area contributed by atoms with Gasteiger partial charge in [0.2, 0.25) is 23.6 Å². The molecule has 4 aliphatic rings. The number of nitrogens with two attached hydrogens (primary N) is 1. The molecule has 0 bridgehead atoms. The van der Waals surface area contributed by atoms with Crippen LogP contribution in [0.3, 0.4) is 0 Å². The Kier molecular flexibility index (Phi) is 37.7. The number of halogens is 6. The van der Waals surface area contributed by atoms with Gasteiger partial charge >= 0.3 is 36.6 Å². The van der Waals surface area contributed by atoms with E-state index in [1.165, 1.54) is 76.5 Å². The second kappa shape index (κ2) is 48.7. The number of aromatic amines is 2. The lowest BCUT2D eigenvalue weighted by Crippen LogP contribution is -2.41. The summed E-state index contributed by atoms with van der Waals surface area (Å²) in [6.45, 7) is 25.2. The number of amides is 10. The molecule has 4 fully saturated rings. The van der Waals surface area contributed by atoms with Crippen LogP contribution in [0.25, 0.3) is 44.5 Å². The van der Waals surface area contributed by atoms with Crippen molar-refractivity contribution in [2.24, 2.45) is 5.73 Å². The number of terminal acetylenes is 1. The van der Waals surface area contributed by atoms with E-state index in [2.05, 4.69) is 63.3 Å². The second-order valence-electron chi connectivity index (χ2n) is 34.5. The van der Waals surface area contributed by atoms with Gasteiger partial charge in [0.05, 0.1) is 118 Å². The monoisotopic (exact) mass is 1940 g/mol. The Hall–Kier alpha value is -14.7. The number of carbonyl (C=O) groups is 10. The first kappa shape index (κ1) is 107. The number of cyclic esters (lactones) is 4. The maximum atomic E-state index is 15.2. The zero-order valence-electron chi connectivity index (χ0n) is 78.3. The van der Waals surface area contributed by atoms with Crippen molar-refractivity contribution in [1.29, 1.82) is 0 Å². The maximum absolute atomic E-state index is 15.2. The number of anilines is 4. The van der Waals surface area contributed by atoms with Crippen molar-refractivity contribution in [3.8, 4) is 56.9 Å². The van der Waals surface area contributed by atoms with Crippen LogP contribution in [0.4, 0.5) is 69.1 Å². The van der Waals surface area contributed by atoms with Crippen LogP contribution >= 0.6 is 24.8 Å². The van der Waals surface area contributed by atoms with Crippen LogP contribution in [0.2, 0.25) is 0 Å². The molecule has 4 saturated heterocycles. The van der Waals surface area contributed by atoms with E-state index in [0.29, 0.717) is 74.9 Å². The van der Waals surface area contributed by atoms with Gasteiger partial charge in [-0.2, -0.15) is 30.8 Å². The van der Waals surface area contributed by atoms with E-state index in [4.69, 9.17) is 40.6 Å². The van der Waals surface area contributed by atoms with Crippen LogP contribution in [0.1, 0.15) is 136 Å². The number of hydrogen-bond acceptors (Lipinski definition) is 22. The summed E-state index contributed by atoms with van der Waals surface area (Å²) in [6, 6.07) is 46.8. The van der Waals surface area contributed by atoms with E-state index in [-0.39, 0.29) is 120 Å². The van der Waals surface area contributed by atoms with Crippen LogP contribution in [-0.2, 0) is 73.8 Å². The summed E-state index contributed by atoms with van der Waals surface area (Å²) >= 11 is 0. The van der Waals surface area contributed by atoms with Crippen molar-refractivity contribution in [2.75, 3.05) is 72.0 Å². The molecular weight excluding hydrogens is 1830 g/mol. The van der Waals surface area contributed by atoms with E-state index in [1.54, 1.807) is 151 Å². The van der Waals surface area contributed by atoms with Crippen molar-refractivity contribution in [3.05, 3.63) is 239 Å². The molecule has 3 unspecified atom stereocenters. The van der Waals surface area contributed by atoms with Crippen molar-refractivity contribution >= 4 is 108 Å². The van der Waals surface area contributed by atoms with Gasteiger partial charge in [-0.3, -0.25) is 48.6 Å². The molecule has 4 aliphatic heterocycles. The lowest BCUT2D eigenvalue weighted by atomic mass is 10.0. The standard InChI is InChI=1S/C28H33FN6O5.C28H32FN3O5.C23H25FN6O3.C19H20FN3O3.2ClH/c1-17(25-14-31-33-32-25)34(27(38)40-28(3,4)5)15-19-6-8-20(9-7-19)23-11-10-21(12-24(23)29)35-16-22(39-26(35)37)13-30-18(2)36;1-7-18(2)31(27(35)37-28(4,5)6)16-20-8-10-21(11-9-20)24-13-12-22(14-25(24)29)32-17-23(36-26(32)34)15-30-19(3)33;1-14(22-12-27-29-28-22)25-10-16-3-5-17(6-4-16)20-8-7-18(9-21(20)24)30-13-19(33-23(30)32)11-26-15(2)31;1-12(24)22-10-16-11-23(19(25)26-16)15-6-7-17(18(20)8-15)14-4-2-13(9-21)3-5-14;;/h6-12,14,17,22H,13,15-16H2,1-5H3,(H,30,36)(H,31,32,33);1,8-14,18,23H,15-17H2,2-6H3,(H,30,33);3-9,12,14,19,25H,10-11,13H2,1-2H3,(H,26,31)(H,27,28,29);2-8,16H,9-11,21H2,1H3,(H,22,24);2*1H/t17?,22-;18?,23-;14?,19-;16-;;/m0000../s1. The molecule has 10 amide bonds. The highest BCUT2D eigenvalue weighted by molar-refractivity contribution is 5.93. The number of H-pyrrole nitrogens is 2. The van der Waals surface area contributed by atoms with Crippen LogP contribution in [0.5, 0.6) is 0 Å². The van der Waals surface area contributed by atoms with Crippen molar-refractivity contribution in [1.82, 2.24) is 67.2 Å². The molecule has 14 rings (SSSR count). The molecule has 6 heterocycles. The molecule has 40 heteroatoms. The molecule has 0 spiro atoms. The number of aromatic nitrogens is 6. The fourth-order valence-electron chi connectivity index (χ4n) is 14.4. The van der Waals surface area contributed by atoms with E-state index in [9.17, 15) is 56.7 Å². The van der Waals surface area contributed by atoms with E-state index >= 15 is 8.78 Å². The molecule has 2 aromatic heterocycles. The Balaban J connectivity index is 0.000000207. The second-order valence-corrected chi connectivity index (χ2v) is 34.5. The molecule has 8 aromatic carbocycles. The highest BCUT2D eigenvalue weighted by atomic mass is 35.5. The summed E-state index contributed by atoms with van der Waals surface area (Å²) in [5, 5.41) is 34.8. The fraction of sp³-hybridized carbons (Fsp3) is 0.347. The van der Waals surface area contributed by atoms with Crippen LogP contribution in [-0.4, -0.2) is 195 Å². The number of hydrogen-bond donors (Lipinski definition) is 8.